The van der Waals surface area contributed by atoms with Crippen molar-refractivity contribution in [3.63, 3.8) is 0 Å². The zero-order valence-electron chi connectivity index (χ0n) is 14.9. The molecule has 0 radical (unpaired) electrons. The molecule has 7 nitrogen and oxygen atoms in total. The van der Waals surface area contributed by atoms with Gasteiger partial charge in [0.25, 0.3) is 5.91 Å². The van der Waals surface area contributed by atoms with Gasteiger partial charge in [0, 0.05) is 37.0 Å². The Kier molecular flexibility index (Phi) is 4.85. The average molecular weight is 380 g/mol. The minimum absolute atomic E-state index is 0.0962. The number of hydrogen-bond donors (Lipinski definition) is 1. The van der Waals surface area contributed by atoms with Crippen LogP contribution in [0.15, 0.2) is 29.3 Å². The highest BCUT2D eigenvalue weighted by Crippen LogP contribution is 2.25. The Labute approximate surface area is 151 Å². The molecular weight excluding hydrogens is 359 g/mol. The van der Waals surface area contributed by atoms with Crippen LogP contribution in [0, 0.1) is 12.7 Å². The van der Waals surface area contributed by atoms with Gasteiger partial charge >= 0.3 is 0 Å². The molecule has 1 aliphatic rings. The first-order chi connectivity index (χ1) is 12.2. The molecule has 0 spiro atoms. The molecule has 1 N–H and O–H groups in total. The fourth-order valence-electron chi connectivity index (χ4n) is 2.81. The van der Waals surface area contributed by atoms with Crippen molar-refractivity contribution in [2.45, 2.75) is 31.2 Å². The fraction of sp³-hybridized carbons (Fsp3) is 0.412. The summed E-state index contributed by atoms with van der Waals surface area (Å²) in [6.45, 7) is 4.44. The lowest BCUT2D eigenvalue weighted by Gasteiger charge is -2.29. The Bertz CT molecular complexity index is 951. The summed E-state index contributed by atoms with van der Waals surface area (Å²) in [6.07, 6.45) is 2.42. The maximum absolute atomic E-state index is 14.1. The second-order valence-electron chi connectivity index (χ2n) is 6.41. The van der Waals surface area contributed by atoms with Crippen molar-refractivity contribution in [3.05, 3.63) is 47.0 Å². The van der Waals surface area contributed by atoms with Crippen LogP contribution < -0.4 is 5.32 Å². The minimum Gasteiger partial charge on any atom is -0.345 e. The fourth-order valence-corrected chi connectivity index (χ4v) is 4.41. The first-order valence-electron chi connectivity index (χ1n) is 8.31. The lowest BCUT2D eigenvalue weighted by molar-refractivity contribution is 0.0939. The van der Waals surface area contributed by atoms with Crippen LogP contribution in [0.4, 0.5) is 4.39 Å². The summed E-state index contributed by atoms with van der Waals surface area (Å²) in [6, 6.07) is 3.07. The highest BCUT2D eigenvalue weighted by atomic mass is 32.2. The van der Waals surface area contributed by atoms with Gasteiger partial charge in [-0.2, -0.15) is 9.40 Å². The third-order valence-electron chi connectivity index (χ3n) is 4.71. The highest BCUT2D eigenvalue weighted by Gasteiger charge is 2.32. The van der Waals surface area contributed by atoms with E-state index in [-0.39, 0.29) is 11.6 Å². The molecule has 2 aromatic rings. The number of hydrogen-bond acceptors (Lipinski definition) is 4. The van der Waals surface area contributed by atoms with Gasteiger partial charge in [-0.05, 0) is 38.5 Å². The molecular formula is C17H21FN4O3S. The Balaban J connectivity index is 1.84. The van der Waals surface area contributed by atoms with E-state index in [1.165, 1.54) is 10.4 Å². The van der Waals surface area contributed by atoms with E-state index in [0.29, 0.717) is 13.1 Å². The predicted molar refractivity (Wildman–Crippen MR) is 93.6 cm³/mol. The van der Waals surface area contributed by atoms with Crippen LogP contribution in [0.3, 0.4) is 0 Å². The second kappa shape index (κ2) is 6.81. The standard InChI is InChI=1S/C17H21FN4O3S/c1-11(14-10-19-21(3)12(14)2)20-17(23)13-5-6-15(18)16(9-13)26(24,25)22-7-4-8-22/h5-6,9-11H,4,7-8H2,1-3H3,(H,20,23)/t11-/m1/s1. The number of amides is 1. The van der Waals surface area contributed by atoms with E-state index in [1.54, 1.807) is 17.9 Å². The summed E-state index contributed by atoms with van der Waals surface area (Å²) in [7, 11) is -2.10. The van der Waals surface area contributed by atoms with Gasteiger partial charge in [0.1, 0.15) is 10.7 Å². The molecule has 0 bridgehead atoms. The topological polar surface area (TPSA) is 84.3 Å². The van der Waals surface area contributed by atoms with E-state index in [1.807, 2.05) is 13.8 Å². The molecule has 26 heavy (non-hydrogen) atoms. The Morgan fingerprint density at radius 3 is 2.58 bits per heavy atom. The van der Waals surface area contributed by atoms with Crippen LogP contribution in [0.2, 0.25) is 0 Å². The van der Waals surface area contributed by atoms with Crippen LogP contribution in [0.5, 0.6) is 0 Å². The zero-order chi connectivity index (χ0) is 19.1. The predicted octanol–water partition coefficient (Wildman–Crippen LogP) is 1.75. The molecule has 1 aliphatic heterocycles. The number of carbonyl (C=O) groups excluding carboxylic acids is 1. The molecule has 0 unspecified atom stereocenters. The molecule has 140 valence electrons. The summed E-state index contributed by atoms with van der Waals surface area (Å²) < 4.78 is 41.9. The van der Waals surface area contributed by atoms with Crippen molar-refractivity contribution in [2.75, 3.05) is 13.1 Å². The third-order valence-corrected chi connectivity index (χ3v) is 6.63. The largest absolute Gasteiger partial charge is 0.345 e. The van der Waals surface area contributed by atoms with Gasteiger partial charge in [-0.3, -0.25) is 9.48 Å². The van der Waals surface area contributed by atoms with Gasteiger partial charge in [-0.1, -0.05) is 0 Å². The molecule has 1 aromatic carbocycles. The maximum Gasteiger partial charge on any atom is 0.251 e. The van der Waals surface area contributed by atoms with Crippen LogP contribution in [0.1, 0.15) is 41.0 Å². The third kappa shape index (κ3) is 3.24. The molecule has 9 heteroatoms. The Morgan fingerprint density at radius 1 is 1.35 bits per heavy atom. The first-order valence-corrected chi connectivity index (χ1v) is 9.75. The van der Waals surface area contributed by atoms with Crippen molar-refractivity contribution < 1.29 is 17.6 Å². The summed E-state index contributed by atoms with van der Waals surface area (Å²) in [5.74, 6) is -1.33. The smallest absolute Gasteiger partial charge is 0.251 e. The van der Waals surface area contributed by atoms with Crippen molar-refractivity contribution in [3.8, 4) is 0 Å². The zero-order valence-corrected chi connectivity index (χ0v) is 15.7. The number of carbonyl (C=O) groups is 1. The molecule has 1 fully saturated rings. The lowest BCUT2D eigenvalue weighted by Crippen LogP contribution is -2.42. The number of nitrogens with zero attached hydrogens (tertiary/aromatic N) is 3. The first kappa shape index (κ1) is 18.5. The van der Waals surface area contributed by atoms with Gasteiger partial charge in [0.15, 0.2) is 0 Å². The van der Waals surface area contributed by atoms with E-state index < -0.39 is 26.6 Å². The molecule has 1 amide bonds. The molecule has 1 saturated heterocycles. The molecule has 3 rings (SSSR count). The van der Waals surface area contributed by atoms with Gasteiger partial charge in [0.05, 0.1) is 12.2 Å². The average Bonchev–Trinajstić information content (AvgIpc) is 2.85. The summed E-state index contributed by atoms with van der Waals surface area (Å²) in [4.78, 5) is 12.1. The highest BCUT2D eigenvalue weighted by molar-refractivity contribution is 7.89. The normalized spacial score (nSPS) is 16.2. The molecule has 1 aromatic heterocycles. The summed E-state index contributed by atoms with van der Waals surface area (Å²) in [5, 5.41) is 6.94. The minimum atomic E-state index is -3.91. The second-order valence-corrected chi connectivity index (χ2v) is 8.31. The quantitative estimate of drug-likeness (QED) is 0.857. The number of rotatable bonds is 5. The number of nitrogens with one attached hydrogen (secondary N) is 1. The van der Waals surface area contributed by atoms with Crippen molar-refractivity contribution in [1.82, 2.24) is 19.4 Å². The van der Waals surface area contributed by atoms with Crippen LogP contribution >= 0.6 is 0 Å². The SMILES string of the molecule is Cc1c([C@@H](C)NC(=O)c2ccc(F)c(S(=O)(=O)N3CCC3)c2)cnn1C. The van der Waals surface area contributed by atoms with Gasteiger partial charge in [0.2, 0.25) is 10.0 Å². The number of sulfonamides is 1. The monoisotopic (exact) mass is 380 g/mol. The van der Waals surface area contributed by atoms with Crippen molar-refractivity contribution in [2.24, 2.45) is 7.05 Å². The van der Waals surface area contributed by atoms with Gasteiger partial charge in [-0.25, -0.2) is 12.8 Å². The van der Waals surface area contributed by atoms with Crippen molar-refractivity contribution in [1.29, 1.82) is 0 Å². The lowest BCUT2D eigenvalue weighted by atomic mass is 10.1. The summed E-state index contributed by atoms with van der Waals surface area (Å²) in [5.41, 5.74) is 1.87. The van der Waals surface area contributed by atoms with Gasteiger partial charge < -0.3 is 5.32 Å². The van der Waals surface area contributed by atoms with E-state index in [2.05, 4.69) is 10.4 Å². The van der Waals surface area contributed by atoms with E-state index in [9.17, 15) is 17.6 Å². The maximum atomic E-state index is 14.1. The number of aromatic nitrogens is 2. The van der Waals surface area contributed by atoms with Gasteiger partial charge in [-0.15, -0.1) is 0 Å². The summed E-state index contributed by atoms with van der Waals surface area (Å²) >= 11 is 0. The van der Waals surface area contributed by atoms with E-state index in [4.69, 9.17) is 0 Å². The van der Waals surface area contributed by atoms with Crippen molar-refractivity contribution >= 4 is 15.9 Å². The molecule has 0 aliphatic carbocycles. The van der Waals surface area contributed by atoms with E-state index in [0.717, 1.165) is 29.8 Å². The van der Waals surface area contributed by atoms with Crippen LogP contribution in [0.25, 0.3) is 0 Å². The Morgan fingerprint density at radius 2 is 2.04 bits per heavy atom. The number of aryl methyl sites for hydroxylation is 1. The van der Waals surface area contributed by atoms with Crippen LogP contribution in [-0.4, -0.2) is 41.5 Å². The van der Waals surface area contributed by atoms with E-state index >= 15 is 0 Å². The number of halogens is 1. The molecule has 2 heterocycles. The number of benzene rings is 1. The Hall–Kier alpha value is -2.26. The molecule has 1 atom stereocenters. The van der Waals surface area contributed by atoms with Crippen LogP contribution in [-0.2, 0) is 17.1 Å². The molecule has 0 saturated carbocycles.